The summed E-state index contributed by atoms with van der Waals surface area (Å²) in [6, 6.07) is 6.30. The number of nitrogens with zero attached hydrogens (tertiary/aromatic N) is 6. The monoisotopic (exact) mass is 328 g/mol. The molecule has 0 fully saturated rings. The van der Waals surface area contributed by atoms with Gasteiger partial charge in [0.25, 0.3) is 0 Å². The summed E-state index contributed by atoms with van der Waals surface area (Å²) in [6.07, 6.45) is 0. The lowest BCUT2D eigenvalue weighted by molar-refractivity contribution is 0.212. The van der Waals surface area contributed by atoms with Crippen LogP contribution in [0.5, 0.6) is 0 Å². The molecular formula is C16H24N6Si. The SMILES string of the molecule is Cc1cc(C)n(C([SiH3])(n2nc(C)cc2C)n2nc(C)cc2C)n1. The molecule has 0 aliphatic carbocycles. The minimum absolute atomic E-state index is 0.533. The molecule has 3 aromatic heterocycles. The minimum atomic E-state index is -0.533. The zero-order valence-corrected chi connectivity index (χ0v) is 16.9. The summed E-state index contributed by atoms with van der Waals surface area (Å²) < 4.78 is 6.19. The van der Waals surface area contributed by atoms with Crippen molar-refractivity contribution in [2.75, 3.05) is 0 Å². The van der Waals surface area contributed by atoms with E-state index in [2.05, 4.69) is 53.0 Å². The van der Waals surface area contributed by atoms with E-state index in [1.54, 1.807) is 0 Å². The lowest BCUT2D eigenvalue weighted by Crippen LogP contribution is -2.52. The molecule has 0 spiro atoms. The van der Waals surface area contributed by atoms with Gasteiger partial charge in [-0.05, 0) is 59.7 Å². The van der Waals surface area contributed by atoms with E-state index in [0.717, 1.165) is 44.4 Å². The van der Waals surface area contributed by atoms with Gasteiger partial charge in [-0.1, -0.05) is 0 Å². The van der Waals surface area contributed by atoms with Crippen molar-refractivity contribution in [2.45, 2.75) is 47.0 Å². The molecule has 0 atom stereocenters. The first-order valence-corrected chi connectivity index (χ1v) is 8.84. The van der Waals surface area contributed by atoms with Gasteiger partial charge in [-0.2, -0.15) is 15.3 Å². The van der Waals surface area contributed by atoms with E-state index in [-0.39, 0.29) is 0 Å². The van der Waals surface area contributed by atoms with Gasteiger partial charge < -0.3 is 0 Å². The Morgan fingerprint density at radius 2 is 0.913 bits per heavy atom. The van der Waals surface area contributed by atoms with Gasteiger partial charge in [0.15, 0.2) is 0 Å². The maximum atomic E-state index is 4.77. The van der Waals surface area contributed by atoms with Gasteiger partial charge in [0.05, 0.1) is 27.3 Å². The first-order valence-electron chi connectivity index (χ1n) is 7.84. The van der Waals surface area contributed by atoms with Gasteiger partial charge in [-0.3, -0.25) is 0 Å². The number of hydrogen-bond acceptors (Lipinski definition) is 3. The highest BCUT2D eigenvalue weighted by molar-refractivity contribution is 6.13. The van der Waals surface area contributed by atoms with Gasteiger partial charge in [-0.25, -0.2) is 14.0 Å². The van der Waals surface area contributed by atoms with Crippen LogP contribution in [-0.2, 0) is 5.41 Å². The topological polar surface area (TPSA) is 53.5 Å². The standard InChI is InChI=1S/C16H24N6Si/c1-10-7-13(4)20(17-10)16(23,21-14(5)8-11(2)18-21)22-15(6)9-12(3)19-22/h7-9H,1-6,23H3. The average molecular weight is 328 g/mol. The fraction of sp³-hybridized carbons (Fsp3) is 0.438. The van der Waals surface area contributed by atoms with Crippen molar-refractivity contribution < 1.29 is 0 Å². The fourth-order valence-electron chi connectivity index (χ4n) is 3.44. The van der Waals surface area contributed by atoms with E-state index < -0.39 is 5.41 Å². The van der Waals surface area contributed by atoms with E-state index in [4.69, 9.17) is 15.3 Å². The molecular weight excluding hydrogens is 304 g/mol. The average Bonchev–Trinajstić information content (AvgIpc) is 3.07. The number of rotatable bonds is 3. The Bertz CT molecular complexity index is 757. The van der Waals surface area contributed by atoms with Crippen LogP contribution in [0.15, 0.2) is 18.2 Å². The molecule has 0 aliphatic heterocycles. The van der Waals surface area contributed by atoms with E-state index in [9.17, 15) is 0 Å². The smallest absolute Gasteiger partial charge is 0.218 e. The Morgan fingerprint density at radius 3 is 1.09 bits per heavy atom. The molecule has 0 unspecified atom stereocenters. The highest BCUT2D eigenvalue weighted by Gasteiger charge is 2.36. The molecule has 0 radical (unpaired) electrons. The van der Waals surface area contributed by atoms with Crippen LogP contribution in [0.3, 0.4) is 0 Å². The number of aryl methyl sites for hydroxylation is 6. The third-order valence-corrected chi connectivity index (χ3v) is 5.50. The van der Waals surface area contributed by atoms with Crippen LogP contribution in [0.4, 0.5) is 0 Å². The highest BCUT2D eigenvalue weighted by Crippen LogP contribution is 2.24. The van der Waals surface area contributed by atoms with Gasteiger partial charge in [0.2, 0.25) is 5.41 Å². The second kappa shape index (κ2) is 5.19. The summed E-state index contributed by atoms with van der Waals surface area (Å²) in [5.41, 5.74) is 5.81. The van der Waals surface area contributed by atoms with E-state index in [1.807, 2.05) is 20.8 Å². The summed E-state index contributed by atoms with van der Waals surface area (Å²) in [4.78, 5) is 0. The highest BCUT2D eigenvalue weighted by atomic mass is 28.1. The molecule has 0 amide bonds. The molecule has 3 aromatic rings. The molecule has 0 N–H and O–H groups in total. The fourth-order valence-corrected chi connectivity index (χ4v) is 4.80. The largest absolute Gasteiger partial charge is 0.227 e. The summed E-state index contributed by atoms with van der Waals surface area (Å²) in [7, 11) is 0.768. The normalized spacial score (nSPS) is 12.3. The molecule has 3 rings (SSSR count). The van der Waals surface area contributed by atoms with Crippen LogP contribution in [0.1, 0.15) is 34.2 Å². The molecule has 0 saturated heterocycles. The van der Waals surface area contributed by atoms with E-state index in [0.29, 0.717) is 0 Å². The summed E-state index contributed by atoms with van der Waals surface area (Å²) in [5, 5.41) is 14.3. The Kier molecular flexibility index (Phi) is 3.55. The zero-order chi connectivity index (χ0) is 16.9. The molecule has 0 aliphatic rings. The Labute approximate surface area is 139 Å². The molecule has 122 valence electrons. The van der Waals surface area contributed by atoms with Gasteiger partial charge in [0.1, 0.15) is 0 Å². The third kappa shape index (κ3) is 2.35. The molecule has 7 heteroatoms. The van der Waals surface area contributed by atoms with E-state index in [1.165, 1.54) is 0 Å². The third-order valence-electron chi connectivity index (χ3n) is 4.23. The lowest BCUT2D eigenvalue weighted by Gasteiger charge is -2.34. The predicted molar refractivity (Wildman–Crippen MR) is 93.8 cm³/mol. The molecule has 0 aromatic carbocycles. The zero-order valence-electron chi connectivity index (χ0n) is 14.9. The molecule has 23 heavy (non-hydrogen) atoms. The summed E-state index contributed by atoms with van der Waals surface area (Å²) >= 11 is 0. The van der Waals surface area contributed by atoms with Crippen LogP contribution >= 0.6 is 0 Å². The molecule has 3 heterocycles. The van der Waals surface area contributed by atoms with Crippen molar-refractivity contribution in [3.8, 4) is 0 Å². The van der Waals surface area contributed by atoms with E-state index >= 15 is 0 Å². The van der Waals surface area contributed by atoms with Crippen molar-refractivity contribution in [2.24, 2.45) is 0 Å². The second-order valence-electron chi connectivity index (χ2n) is 6.49. The first-order chi connectivity index (χ1) is 10.7. The first kappa shape index (κ1) is 15.7. The Hall–Kier alpha value is -2.15. The van der Waals surface area contributed by atoms with Crippen molar-refractivity contribution in [1.82, 2.24) is 29.3 Å². The quantitative estimate of drug-likeness (QED) is 0.678. The van der Waals surface area contributed by atoms with Crippen LogP contribution in [0.2, 0.25) is 0 Å². The van der Waals surface area contributed by atoms with Crippen LogP contribution in [0.25, 0.3) is 0 Å². The second-order valence-corrected chi connectivity index (χ2v) is 7.83. The molecule has 0 bridgehead atoms. The van der Waals surface area contributed by atoms with Crippen molar-refractivity contribution in [1.29, 1.82) is 0 Å². The van der Waals surface area contributed by atoms with Crippen molar-refractivity contribution in [3.63, 3.8) is 0 Å². The van der Waals surface area contributed by atoms with Gasteiger partial charge in [0, 0.05) is 17.1 Å². The van der Waals surface area contributed by atoms with Gasteiger partial charge in [-0.15, -0.1) is 0 Å². The summed E-state index contributed by atoms with van der Waals surface area (Å²) in [5.74, 6) is 0. The lowest BCUT2D eigenvalue weighted by atomic mass is 10.4. The maximum absolute atomic E-state index is 4.77. The maximum Gasteiger partial charge on any atom is 0.218 e. The van der Waals surface area contributed by atoms with Crippen LogP contribution in [-0.4, -0.2) is 39.6 Å². The Morgan fingerprint density at radius 1 is 0.652 bits per heavy atom. The molecule has 6 nitrogen and oxygen atoms in total. The van der Waals surface area contributed by atoms with Crippen LogP contribution < -0.4 is 0 Å². The number of aromatic nitrogens is 6. The molecule has 0 saturated carbocycles. The van der Waals surface area contributed by atoms with Crippen molar-refractivity contribution in [3.05, 3.63) is 52.4 Å². The summed E-state index contributed by atoms with van der Waals surface area (Å²) in [6.45, 7) is 12.3. The Balaban J connectivity index is 2.36. The van der Waals surface area contributed by atoms with Gasteiger partial charge >= 0.3 is 0 Å². The predicted octanol–water partition coefficient (Wildman–Crippen LogP) is 1.16. The van der Waals surface area contributed by atoms with Crippen LogP contribution in [0, 0.1) is 41.5 Å². The number of hydrogen-bond donors (Lipinski definition) is 0. The van der Waals surface area contributed by atoms with Crippen molar-refractivity contribution >= 4 is 10.2 Å². The minimum Gasteiger partial charge on any atom is -0.227 e.